The van der Waals surface area contributed by atoms with Gasteiger partial charge in [-0.05, 0) is 79.6 Å². The fourth-order valence-corrected chi connectivity index (χ4v) is 5.58. The maximum atomic E-state index is 14.3. The highest BCUT2D eigenvalue weighted by Crippen LogP contribution is 2.42. The molecule has 2 aromatic carbocycles. The number of carbonyl (C=O) groups excluding carboxylic acids is 2. The van der Waals surface area contributed by atoms with Crippen LogP contribution in [-0.2, 0) is 15.5 Å². The third kappa shape index (κ3) is 7.15. The van der Waals surface area contributed by atoms with Crippen LogP contribution >= 0.6 is 22.6 Å². The van der Waals surface area contributed by atoms with Crippen molar-refractivity contribution in [2.45, 2.75) is 45.1 Å². The van der Waals surface area contributed by atoms with E-state index in [1.807, 2.05) is 22.6 Å². The van der Waals surface area contributed by atoms with Gasteiger partial charge in [-0.1, -0.05) is 18.2 Å². The number of hydrogen-bond acceptors (Lipinski definition) is 4. The second kappa shape index (κ2) is 10.0. The SMILES string of the molecule is Cc1cc(C(C)(F)C(F)(F)F)ccc1NC(=O)c1cccc(I)c1C(=O)NC(C)(C)CS(C)(=O)=O. The molecule has 0 radical (unpaired) electrons. The smallest absolute Gasteiger partial charge is 0.346 e. The van der Waals surface area contributed by atoms with Gasteiger partial charge in [-0.3, -0.25) is 9.59 Å². The highest BCUT2D eigenvalue weighted by Gasteiger charge is 2.53. The zero-order chi connectivity index (χ0) is 27.0. The molecular weight excluding hydrogens is 603 g/mol. The summed E-state index contributed by atoms with van der Waals surface area (Å²) in [6.45, 7) is 4.90. The van der Waals surface area contributed by atoms with Gasteiger partial charge < -0.3 is 10.6 Å². The predicted octanol–water partition coefficient (Wildman–Crippen LogP) is 5.15. The van der Waals surface area contributed by atoms with Crippen molar-refractivity contribution < 1.29 is 35.6 Å². The first-order valence-corrected chi connectivity index (χ1v) is 13.4. The normalized spacial score (nSPS) is 14.2. The third-order valence-corrected chi connectivity index (χ3v) is 7.25. The zero-order valence-electron chi connectivity index (χ0n) is 19.6. The van der Waals surface area contributed by atoms with Crippen LogP contribution in [0.4, 0.5) is 23.2 Å². The van der Waals surface area contributed by atoms with Gasteiger partial charge in [-0.25, -0.2) is 12.8 Å². The number of anilines is 1. The molecule has 1 unspecified atom stereocenters. The number of hydrogen-bond donors (Lipinski definition) is 2. The van der Waals surface area contributed by atoms with E-state index in [-0.39, 0.29) is 28.1 Å². The van der Waals surface area contributed by atoms with E-state index in [1.54, 1.807) is 12.1 Å². The molecule has 6 nitrogen and oxygen atoms in total. The molecule has 2 N–H and O–H groups in total. The first-order chi connectivity index (χ1) is 15.7. The maximum absolute atomic E-state index is 14.3. The Morgan fingerprint density at radius 3 is 2.11 bits per heavy atom. The number of rotatable bonds is 7. The Hall–Kier alpha value is -2.22. The van der Waals surface area contributed by atoms with Gasteiger partial charge in [-0.2, -0.15) is 13.2 Å². The number of alkyl halides is 4. The summed E-state index contributed by atoms with van der Waals surface area (Å²) < 4.78 is 77.2. The van der Waals surface area contributed by atoms with Gasteiger partial charge >= 0.3 is 6.18 Å². The van der Waals surface area contributed by atoms with Gasteiger partial charge in [0.2, 0.25) is 5.67 Å². The van der Waals surface area contributed by atoms with Crippen molar-refractivity contribution in [1.82, 2.24) is 5.32 Å². The summed E-state index contributed by atoms with van der Waals surface area (Å²) in [5, 5.41) is 5.17. The second-order valence-electron chi connectivity index (χ2n) is 9.06. The van der Waals surface area contributed by atoms with Crippen molar-refractivity contribution in [3.05, 3.63) is 62.2 Å². The Balaban J connectivity index is 2.36. The molecule has 0 aromatic heterocycles. The molecule has 2 aromatic rings. The van der Waals surface area contributed by atoms with E-state index in [0.29, 0.717) is 10.5 Å². The molecule has 0 aliphatic heterocycles. The van der Waals surface area contributed by atoms with E-state index < -0.39 is 44.6 Å². The standard InChI is InChI=1S/C23H25F4IN2O4S/c1-13-11-14(22(4,24)23(25,26)27)9-10-17(13)29-19(31)15-7-6-8-16(28)18(15)20(32)30-21(2,3)12-35(5,33)34/h6-11H,12H2,1-5H3,(H,29,31)(H,30,32). The van der Waals surface area contributed by atoms with E-state index in [1.165, 1.54) is 26.8 Å². The van der Waals surface area contributed by atoms with E-state index >= 15 is 0 Å². The number of aryl methyl sites for hydroxylation is 1. The van der Waals surface area contributed by atoms with Crippen LogP contribution in [0.25, 0.3) is 0 Å². The summed E-state index contributed by atoms with van der Waals surface area (Å²) >= 11 is 1.87. The maximum Gasteiger partial charge on any atom is 0.426 e. The van der Waals surface area contributed by atoms with Crippen LogP contribution in [0.5, 0.6) is 0 Å². The Kier molecular flexibility index (Phi) is 8.32. The molecule has 0 bridgehead atoms. The van der Waals surface area contributed by atoms with E-state index in [9.17, 15) is 35.6 Å². The van der Waals surface area contributed by atoms with Crippen LogP contribution in [0.1, 0.15) is 52.6 Å². The van der Waals surface area contributed by atoms with Crippen molar-refractivity contribution >= 4 is 49.9 Å². The molecule has 0 aliphatic carbocycles. The molecule has 1 atom stereocenters. The highest BCUT2D eigenvalue weighted by atomic mass is 127. The largest absolute Gasteiger partial charge is 0.426 e. The molecule has 0 heterocycles. The summed E-state index contributed by atoms with van der Waals surface area (Å²) in [7, 11) is -3.41. The number of nitrogens with one attached hydrogen (secondary N) is 2. The van der Waals surface area contributed by atoms with Crippen LogP contribution < -0.4 is 10.6 Å². The lowest BCUT2D eigenvalue weighted by Crippen LogP contribution is -2.48. The summed E-state index contributed by atoms with van der Waals surface area (Å²) in [6, 6.07) is 7.63. The minimum atomic E-state index is -5.11. The second-order valence-corrected chi connectivity index (χ2v) is 12.4. The Labute approximate surface area is 214 Å². The molecule has 12 heteroatoms. The lowest BCUT2D eigenvalue weighted by molar-refractivity contribution is -0.228. The molecule has 0 aliphatic rings. The minimum absolute atomic E-state index is 0.00912. The van der Waals surface area contributed by atoms with Gasteiger partial charge in [0.25, 0.3) is 11.8 Å². The lowest BCUT2D eigenvalue weighted by atomic mass is 9.95. The molecule has 35 heavy (non-hydrogen) atoms. The fourth-order valence-electron chi connectivity index (χ4n) is 3.45. The van der Waals surface area contributed by atoms with Gasteiger partial charge in [0.15, 0.2) is 0 Å². The van der Waals surface area contributed by atoms with Crippen LogP contribution in [0.15, 0.2) is 36.4 Å². The number of sulfone groups is 1. The van der Waals surface area contributed by atoms with E-state index in [0.717, 1.165) is 24.5 Å². The topological polar surface area (TPSA) is 92.3 Å². The van der Waals surface area contributed by atoms with Crippen molar-refractivity contribution in [3.8, 4) is 0 Å². The van der Waals surface area contributed by atoms with Crippen LogP contribution in [0.3, 0.4) is 0 Å². The van der Waals surface area contributed by atoms with Gasteiger partial charge in [0, 0.05) is 21.1 Å². The average molecular weight is 628 g/mol. The van der Waals surface area contributed by atoms with E-state index in [2.05, 4.69) is 10.6 Å². The number of halogens is 5. The summed E-state index contributed by atoms with van der Waals surface area (Å²) in [6.07, 6.45) is -4.07. The van der Waals surface area contributed by atoms with Gasteiger partial charge in [-0.15, -0.1) is 0 Å². The van der Waals surface area contributed by atoms with E-state index in [4.69, 9.17) is 0 Å². The molecule has 0 saturated carbocycles. The molecule has 0 fully saturated rings. The Bertz CT molecular complexity index is 1260. The minimum Gasteiger partial charge on any atom is -0.346 e. The van der Waals surface area contributed by atoms with Crippen molar-refractivity contribution in [2.75, 3.05) is 17.3 Å². The number of amides is 2. The van der Waals surface area contributed by atoms with Crippen LogP contribution in [0.2, 0.25) is 0 Å². The lowest BCUT2D eigenvalue weighted by Gasteiger charge is -2.26. The van der Waals surface area contributed by atoms with Gasteiger partial charge in [0.05, 0.1) is 16.9 Å². The first-order valence-electron chi connectivity index (χ1n) is 10.2. The van der Waals surface area contributed by atoms with Crippen LogP contribution in [0, 0.1) is 10.5 Å². The molecular formula is C23H25F4IN2O4S. The predicted molar refractivity (Wildman–Crippen MR) is 134 cm³/mol. The summed E-state index contributed by atoms with van der Waals surface area (Å²) in [5.74, 6) is -1.71. The molecule has 2 rings (SSSR count). The number of carbonyl (C=O) groups is 2. The molecule has 0 saturated heterocycles. The average Bonchev–Trinajstić information content (AvgIpc) is 2.65. The molecule has 2 amide bonds. The van der Waals surface area contributed by atoms with Crippen molar-refractivity contribution in [1.29, 1.82) is 0 Å². The van der Waals surface area contributed by atoms with Crippen LogP contribution in [-0.4, -0.2) is 44.0 Å². The quantitative estimate of drug-likeness (QED) is 0.328. The fraction of sp³-hybridized carbons (Fsp3) is 0.391. The third-order valence-electron chi connectivity index (χ3n) is 5.11. The first kappa shape index (κ1) is 29.0. The van der Waals surface area contributed by atoms with Crippen molar-refractivity contribution in [2.24, 2.45) is 0 Å². The highest BCUT2D eigenvalue weighted by molar-refractivity contribution is 14.1. The summed E-state index contributed by atoms with van der Waals surface area (Å²) in [5.41, 5.74) is -4.99. The Morgan fingerprint density at radius 2 is 1.60 bits per heavy atom. The van der Waals surface area contributed by atoms with Gasteiger partial charge in [0.1, 0.15) is 9.84 Å². The van der Waals surface area contributed by atoms with Crippen molar-refractivity contribution in [3.63, 3.8) is 0 Å². The number of benzene rings is 2. The Morgan fingerprint density at radius 1 is 1.00 bits per heavy atom. The molecule has 0 spiro atoms. The summed E-state index contributed by atoms with van der Waals surface area (Å²) in [4.78, 5) is 26.1. The molecule has 192 valence electrons. The zero-order valence-corrected chi connectivity index (χ0v) is 22.6. The monoisotopic (exact) mass is 628 g/mol.